The van der Waals surface area contributed by atoms with Crippen LogP contribution in [-0.2, 0) is 32.8 Å². The van der Waals surface area contributed by atoms with Crippen LogP contribution in [0.4, 0.5) is 0 Å². The molecule has 2 heterocycles. The highest BCUT2D eigenvalue weighted by Crippen LogP contribution is 2.33. The first-order valence-electron chi connectivity index (χ1n) is 10.1. The van der Waals surface area contributed by atoms with Crippen molar-refractivity contribution in [1.29, 1.82) is 0 Å². The van der Waals surface area contributed by atoms with Gasteiger partial charge in [0.1, 0.15) is 11.5 Å². The predicted molar refractivity (Wildman–Crippen MR) is 121 cm³/mol. The second-order valence-corrected chi connectivity index (χ2v) is 9.78. The van der Waals surface area contributed by atoms with Gasteiger partial charge in [0, 0.05) is 29.7 Å². The molecule has 0 aliphatic carbocycles. The molecule has 1 aliphatic heterocycles. The largest absolute Gasteiger partial charge is 0.497 e. The Morgan fingerprint density at radius 2 is 1.75 bits per heavy atom. The van der Waals surface area contributed by atoms with Crippen molar-refractivity contribution in [3.63, 3.8) is 0 Å². The van der Waals surface area contributed by atoms with Crippen LogP contribution < -0.4 is 9.47 Å². The van der Waals surface area contributed by atoms with Gasteiger partial charge in [0.05, 0.1) is 38.4 Å². The summed E-state index contributed by atoms with van der Waals surface area (Å²) in [5, 5.41) is 10.4. The minimum absolute atomic E-state index is 0.0816. The summed E-state index contributed by atoms with van der Waals surface area (Å²) in [7, 11) is -0.939. The zero-order valence-corrected chi connectivity index (χ0v) is 20.1. The molecule has 1 aromatic carbocycles. The van der Waals surface area contributed by atoms with Crippen molar-refractivity contribution in [2.75, 3.05) is 27.4 Å². The molecule has 0 saturated carbocycles. The lowest BCUT2D eigenvalue weighted by molar-refractivity contribution is -0.138. The van der Waals surface area contributed by atoms with Crippen LogP contribution in [-0.4, -0.2) is 49.6 Å². The first-order chi connectivity index (χ1) is 15.3. The number of nitrogens with zero attached hydrogens (tertiary/aromatic N) is 2. The topological polar surface area (TPSA) is 97.8 Å². The molecule has 9 nitrogen and oxygen atoms in total. The number of benzene rings is 1. The molecular formula is C21H28N2O7S2. The molecule has 1 N–H and O–H groups in total. The smallest absolute Gasteiger partial charge is 0.329 e. The summed E-state index contributed by atoms with van der Waals surface area (Å²) < 4.78 is 50.0. The summed E-state index contributed by atoms with van der Waals surface area (Å²) in [5.74, 6) is 0.690. The Morgan fingerprint density at radius 1 is 1.03 bits per heavy atom. The summed E-state index contributed by atoms with van der Waals surface area (Å²) in [6.45, 7) is 4.77. The van der Waals surface area contributed by atoms with Crippen LogP contribution in [0.2, 0.25) is 0 Å². The molecule has 0 bridgehead atoms. The molecule has 1 aromatic heterocycles. The highest BCUT2D eigenvalue weighted by atomic mass is 32.2. The number of rotatable bonds is 11. The molecule has 11 heteroatoms. The van der Waals surface area contributed by atoms with E-state index in [1.54, 1.807) is 18.2 Å². The van der Waals surface area contributed by atoms with Crippen LogP contribution in [0.15, 0.2) is 42.4 Å². The highest BCUT2D eigenvalue weighted by Gasteiger charge is 2.37. The summed E-state index contributed by atoms with van der Waals surface area (Å²) in [5.41, 5.74) is 0.591. The van der Waals surface area contributed by atoms with Crippen LogP contribution in [0.25, 0.3) is 0 Å². The fourth-order valence-electron chi connectivity index (χ4n) is 3.21. The van der Waals surface area contributed by atoms with Gasteiger partial charge in [-0.25, -0.2) is 8.61 Å². The maximum absolute atomic E-state index is 13.1. The van der Waals surface area contributed by atoms with Gasteiger partial charge in [-0.3, -0.25) is 0 Å². The average Bonchev–Trinajstić information content (AvgIpc) is 3.32. The standard InChI is InChI=1S/C21H28N2O7S2/c1-5-29-21(30-6-2)19-10-9-17(31-19)13-22-14-20(24)23(32(22,25)26)12-15-7-8-16(27-3)11-18(15)28-4/h7-11,14,21,24H,5-6,12-13H2,1-4H3. The molecule has 176 valence electrons. The minimum atomic E-state index is -3.96. The molecule has 2 aromatic rings. The van der Waals surface area contributed by atoms with Crippen molar-refractivity contribution in [3.05, 3.63) is 57.7 Å². The zero-order valence-electron chi connectivity index (χ0n) is 18.5. The van der Waals surface area contributed by atoms with Crippen molar-refractivity contribution in [3.8, 4) is 11.5 Å². The lowest BCUT2D eigenvalue weighted by atomic mass is 10.2. The molecule has 0 spiro atoms. The Kier molecular flexibility index (Phi) is 7.88. The Hall–Kier alpha value is -2.47. The molecule has 0 unspecified atom stereocenters. The van der Waals surface area contributed by atoms with Gasteiger partial charge in [0.2, 0.25) is 5.88 Å². The van der Waals surface area contributed by atoms with Gasteiger partial charge in [0.15, 0.2) is 6.29 Å². The third-order valence-electron chi connectivity index (χ3n) is 4.76. The van der Waals surface area contributed by atoms with Gasteiger partial charge in [-0.05, 0) is 38.1 Å². The second-order valence-electron chi connectivity index (χ2n) is 6.77. The molecule has 0 radical (unpaired) electrons. The Balaban J connectivity index is 1.76. The van der Waals surface area contributed by atoms with E-state index >= 15 is 0 Å². The first kappa shape index (κ1) is 24.2. The summed E-state index contributed by atoms with van der Waals surface area (Å²) >= 11 is 1.41. The van der Waals surface area contributed by atoms with E-state index < -0.39 is 16.5 Å². The Labute approximate surface area is 192 Å². The van der Waals surface area contributed by atoms with Crippen LogP contribution in [0.1, 0.15) is 35.5 Å². The predicted octanol–water partition coefficient (Wildman–Crippen LogP) is 3.76. The molecule has 0 fully saturated rings. The fourth-order valence-corrected chi connectivity index (χ4v) is 5.67. The average molecular weight is 485 g/mol. The molecule has 0 atom stereocenters. The van der Waals surface area contributed by atoms with Crippen molar-refractivity contribution in [2.45, 2.75) is 33.2 Å². The van der Waals surface area contributed by atoms with Gasteiger partial charge >= 0.3 is 10.2 Å². The summed E-state index contributed by atoms with van der Waals surface area (Å²) in [6.07, 6.45) is 0.731. The third kappa shape index (κ3) is 5.12. The molecule has 3 rings (SSSR count). The van der Waals surface area contributed by atoms with Gasteiger partial charge in [-0.2, -0.15) is 8.42 Å². The molecule has 32 heavy (non-hydrogen) atoms. The van der Waals surface area contributed by atoms with E-state index in [-0.39, 0.29) is 19.0 Å². The van der Waals surface area contributed by atoms with Crippen LogP contribution in [0, 0.1) is 0 Å². The summed E-state index contributed by atoms with van der Waals surface area (Å²) in [6, 6.07) is 8.77. The number of hydrogen-bond donors (Lipinski definition) is 1. The lowest BCUT2D eigenvalue weighted by Crippen LogP contribution is -2.33. The maximum Gasteiger partial charge on any atom is 0.329 e. The SMILES string of the molecule is CCOC(OCC)c1ccc(CN2C=C(O)N(Cc3ccc(OC)cc3OC)S2(=O)=O)s1. The monoisotopic (exact) mass is 484 g/mol. The summed E-state index contributed by atoms with van der Waals surface area (Å²) in [4.78, 5) is 1.65. The Bertz CT molecular complexity index is 1050. The van der Waals surface area contributed by atoms with Crippen molar-refractivity contribution in [2.24, 2.45) is 0 Å². The minimum Gasteiger partial charge on any atom is -0.497 e. The van der Waals surface area contributed by atoms with E-state index in [0.717, 1.165) is 18.4 Å². The van der Waals surface area contributed by atoms with Crippen molar-refractivity contribution < 1.29 is 32.5 Å². The molecule has 0 saturated heterocycles. The third-order valence-corrected chi connectivity index (χ3v) is 7.55. The Morgan fingerprint density at radius 3 is 2.38 bits per heavy atom. The number of hydrogen-bond acceptors (Lipinski definition) is 8. The highest BCUT2D eigenvalue weighted by molar-refractivity contribution is 7.87. The van der Waals surface area contributed by atoms with Crippen LogP contribution in [0.5, 0.6) is 11.5 Å². The maximum atomic E-state index is 13.1. The van der Waals surface area contributed by atoms with Gasteiger partial charge in [-0.15, -0.1) is 11.3 Å². The van der Waals surface area contributed by atoms with Gasteiger partial charge < -0.3 is 24.1 Å². The number of thiophene rings is 1. The lowest BCUT2D eigenvalue weighted by Gasteiger charge is -2.22. The quantitative estimate of drug-likeness (QED) is 0.485. The zero-order chi connectivity index (χ0) is 23.3. The van der Waals surface area contributed by atoms with E-state index in [0.29, 0.717) is 30.3 Å². The van der Waals surface area contributed by atoms with Crippen LogP contribution in [0.3, 0.4) is 0 Å². The first-order valence-corrected chi connectivity index (χ1v) is 12.3. The van der Waals surface area contributed by atoms with Gasteiger partial charge in [0.25, 0.3) is 0 Å². The van der Waals surface area contributed by atoms with Crippen molar-refractivity contribution in [1.82, 2.24) is 8.61 Å². The molecular weight excluding hydrogens is 456 g/mol. The van der Waals surface area contributed by atoms with E-state index in [2.05, 4.69) is 0 Å². The fraction of sp³-hybridized carbons (Fsp3) is 0.429. The molecule has 1 aliphatic rings. The number of aliphatic hydroxyl groups is 1. The molecule has 0 amide bonds. The van der Waals surface area contributed by atoms with E-state index in [9.17, 15) is 13.5 Å². The van der Waals surface area contributed by atoms with Crippen LogP contribution >= 0.6 is 11.3 Å². The van der Waals surface area contributed by atoms with E-state index in [1.165, 1.54) is 31.8 Å². The second kappa shape index (κ2) is 10.4. The van der Waals surface area contributed by atoms with E-state index in [1.807, 2.05) is 26.0 Å². The number of ether oxygens (including phenoxy) is 4. The number of aliphatic hydroxyl groups excluding tert-OH is 1. The van der Waals surface area contributed by atoms with Gasteiger partial charge in [-0.1, -0.05) is 0 Å². The normalized spacial score (nSPS) is 15.3. The van der Waals surface area contributed by atoms with E-state index in [4.69, 9.17) is 18.9 Å². The van der Waals surface area contributed by atoms with Crippen molar-refractivity contribution >= 4 is 21.5 Å². The number of methoxy groups -OCH3 is 2.